The maximum atomic E-state index is 9.44. The Morgan fingerprint density at radius 1 is 1.23 bits per heavy atom. The molecule has 0 heterocycles. The third kappa shape index (κ3) is 7.40. The molecule has 1 aromatic carbocycles. The first-order chi connectivity index (χ1) is 6.06. The van der Waals surface area contributed by atoms with Crippen LogP contribution in [0.15, 0.2) is 29.2 Å². The fraction of sp³-hybridized carbons (Fsp3) is 0.300. The second-order valence-electron chi connectivity index (χ2n) is 2.61. The van der Waals surface area contributed by atoms with Crippen molar-refractivity contribution in [1.29, 1.82) is 0 Å². The molecule has 0 saturated heterocycles. The number of Topliss-reactive ketones (excluding diaryl/α,β-unsaturated/α-hetero) is 1. The van der Waals surface area contributed by atoms with Gasteiger partial charge in [-0.1, -0.05) is 0 Å². The van der Waals surface area contributed by atoms with Gasteiger partial charge in [-0.15, -0.1) is 11.8 Å². The van der Waals surface area contributed by atoms with E-state index in [1.165, 1.54) is 18.7 Å². The van der Waals surface area contributed by atoms with Crippen LogP contribution < -0.4 is 0 Å². The van der Waals surface area contributed by atoms with Crippen LogP contribution in [0.1, 0.15) is 13.8 Å². The van der Waals surface area contributed by atoms with Crippen molar-refractivity contribution < 1.29 is 9.90 Å². The average molecular weight is 198 g/mol. The molecular weight excluding hydrogens is 184 g/mol. The van der Waals surface area contributed by atoms with Crippen molar-refractivity contribution in [1.82, 2.24) is 0 Å². The number of aromatic hydroxyl groups is 1. The van der Waals surface area contributed by atoms with Crippen molar-refractivity contribution in [3.63, 3.8) is 0 Å². The lowest BCUT2D eigenvalue weighted by Crippen LogP contribution is -1.69. The Hall–Kier alpha value is -0.960. The Morgan fingerprint density at radius 3 is 1.92 bits per heavy atom. The predicted molar refractivity (Wildman–Crippen MR) is 56.2 cm³/mol. The first-order valence-corrected chi connectivity index (χ1v) is 5.09. The number of ketones is 1. The third-order valence-corrected chi connectivity index (χ3v) is 1.82. The normalized spacial score (nSPS) is 8.54. The van der Waals surface area contributed by atoms with E-state index in [0.717, 1.165) is 0 Å². The van der Waals surface area contributed by atoms with Gasteiger partial charge >= 0.3 is 0 Å². The Kier molecular flexibility index (Phi) is 6.06. The van der Waals surface area contributed by atoms with Gasteiger partial charge in [-0.05, 0) is 44.4 Å². The number of rotatable bonds is 1. The van der Waals surface area contributed by atoms with Crippen LogP contribution in [0.2, 0.25) is 0 Å². The number of carbonyl (C=O) groups excluding carboxylic acids is 1. The first kappa shape index (κ1) is 12.0. The molecule has 72 valence electrons. The van der Waals surface area contributed by atoms with E-state index in [1.54, 1.807) is 23.9 Å². The van der Waals surface area contributed by atoms with E-state index < -0.39 is 0 Å². The summed E-state index contributed by atoms with van der Waals surface area (Å²) >= 11 is 1.67. The van der Waals surface area contributed by atoms with Gasteiger partial charge in [0, 0.05) is 4.90 Å². The van der Waals surface area contributed by atoms with Crippen LogP contribution in [-0.2, 0) is 4.79 Å². The first-order valence-electron chi connectivity index (χ1n) is 3.86. The standard InChI is InChI=1S/C7H8OS.C3H6O/c1-9-7-4-2-6(8)3-5-7;1-3(2)4/h2-5,8H,1H3;1-2H3. The van der Waals surface area contributed by atoms with Crippen molar-refractivity contribution in [2.45, 2.75) is 18.7 Å². The molecule has 0 radical (unpaired) electrons. The van der Waals surface area contributed by atoms with Crippen molar-refractivity contribution >= 4 is 17.5 Å². The van der Waals surface area contributed by atoms with E-state index in [4.69, 9.17) is 5.11 Å². The van der Waals surface area contributed by atoms with Gasteiger partial charge in [0.05, 0.1) is 0 Å². The van der Waals surface area contributed by atoms with Crippen LogP contribution in [0.4, 0.5) is 0 Å². The molecule has 13 heavy (non-hydrogen) atoms. The van der Waals surface area contributed by atoms with Gasteiger partial charge in [0.1, 0.15) is 11.5 Å². The zero-order valence-corrected chi connectivity index (χ0v) is 8.89. The van der Waals surface area contributed by atoms with E-state index in [2.05, 4.69) is 0 Å². The number of hydrogen-bond donors (Lipinski definition) is 1. The van der Waals surface area contributed by atoms with E-state index >= 15 is 0 Å². The second kappa shape index (κ2) is 6.54. The fourth-order valence-corrected chi connectivity index (χ4v) is 0.990. The highest BCUT2D eigenvalue weighted by molar-refractivity contribution is 7.98. The van der Waals surface area contributed by atoms with Crippen molar-refractivity contribution in [3.8, 4) is 5.75 Å². The van der Waals surface area contributed by atoms with E-state index in [-0.39, 0.29) is 5.78 Å². The maximum absolute atomic E-state index is 9.44. The molecule has 1 rings (SSSR count). The summed E-state index contributed by atoms with van der Waals surface area (Å²) in [5.41, 5.74) is 0. The zero-order chi connectivity index (χ0) is 10.3. The summed E-state index contributed by atoms with van der Waals surface area (Å²) in [5, 5.41) is 8.84. The molecule has 0 aliphatic rings. The molecule has 0 atom stereocenters. The fourth-order valence-electron chi connectivity index (χ4n) is 0.582. The highest BCUT2D eigenvalue weighted by Gasteiger charge is 1.87. The van der Waals surface area contributed by atoms with Gasteiger partial charge in [0.15, 0.2) is 0 Å². The molecule has 0 aromatic heterocycles. The Bertz CT molecular complexity index is 250. The van der Waals surface area contributed by atoms with E-state index in [0.29, 0.717) is 5.75 Å². The molecule has 0 aliphatic heterocycles. The van der Waals surface area contributed by atoms with Crippen LogP contribution in [-0.4, -0.2) is 17.1 Å². The Labute approximate surface area is 83.0 Å². The van der Waals surface area contributed by atoms with Gasteiger partial charge < -0.3 is 9.90 Å². The largest absolute Gasteiger partial charge is 0.508 e. The van der Waals surface area contributed by atoms with Crippen LogP contribution in [0.5, 0.6) is 5.75 Å². The molecule has 0 saturated carbocycles. The molecule has 0 bridgehead atoms. The molecule has 0 spiro atoms. The predicted octanol–water partition coefficient (Wildman–Crippen LogP) is 2.71. The monoisotopic (exact) mass is 198 g/mol. The molecule has 2 nitrogen and oxygen atoms in total. The van der Waals surface area contributed by atoms with Gasteiger partial charge in [-0.2, -0.15) is 0 Å². The second-order valence-corrected chi connectivity index (χ2v) is 3.49. The van der Waals surface area contributed by atoms with E-state index in [1.807, 2.05) is 18.4 Å². The van der Waals surface area contributed by atoms with Crippen LogP contribution in [0.25, 0.3) is 0 Å². The van der Waals surface area contributed by atoms with Gasteiger partial charge in [0.2, 0.25) is 0 Å². The number of benzene rings is 1. The minimum atomic E-state index is 0.167. The summed E-state index contributed by atoms with van der Waals surface area (Å²) in [6.45, 7) is 3.06. The smallest absolute Gasteiger partial charge is 0.126 e. The molecule has 0 amide bonds. The quantitative estimate of drug-likeness (QED) is 0.705. The highest BCUT2D eigenvalue weighted by Crippen LogP contribution is 2.17. The summed E-state index contributed by atoms with van der Waals surface area (Å²) < 4.78 is 0. The van der Waals surface area contributed by atoms with Gasteiger partial charge in [0.25, 0.3) is 0 Å². The number of phenols is 1. The number of thioether (sulfide) groups is 1. The summed E-state index contributed by atoms with van der Waals surface area (Å²) in [6, 6.07) is 7.15. The summed E-state index contributed by atoms with van der Waals surface area (Å²) in [7, 11) is 0. The third-order valence-electron chi connectivity index (χ3n) is 1.07. The molecule has 0 unspecified atom stereocenters. The van der Waals surface area contributed by atoms with Crippen molar-refractivity contribution in [2.75, 3.05) is 6.26 Å². The molecule has 3 heteroatoms. The van der Waals surface area contributed by atoms with E-state index in [9.17, 15) is 4.79 Å². The Morgan fingerprint density at radius 2 is 1.62 bits per heavy atom. The lowest BCUT2D eigenvalue weighted by molar-refractivity contribution is -0.114. The lowest BCUT2D eigenvalue weighted by atomic mass is 10.3. The van der Waals surface area contributed by atoms with Crippen LogP contribution in [0.3, 0.4) is 0 Å². The Balaban J connectivity index is 0.000000310. The van der Waals surface area contributed by atoms with Crippen molar-refractivity contribution in [3.05, 3.63) is 24.3 Å². The minimum Gasteiger partial charge on any atom is -0.508 e. The number of hydrogen-bond acceptors (Lipinski definition) is 3. The minimum absolute atomic E-state index is 0.167. The summed E-state index contributed by atoms with van der Waals surface area (Å²) in [5.74, 6) is 0.493. The summed E-state index contributed by atoms with van der Waals surface area (Å²) in [4.78, 5) is 10.6. The molecular formula is C10H14O2S. The average Bonchev–Trinajstić information content (AvgIpc) is 2.05. The number of phenolic OH excluding ortho intramolecular Hbond substituents is 1. The van der Waals surface area contributed by atoms with Gasteiger partial charge in [-0.3, -0.25) is 0 Å². The topological polar surface area (TPSA) is 37.3 Å². The van der Waals surface area contributed by atoms with Crippen molar-refractivity contribution in [2.24, 2.45) is 0 Å². The molecule has 0 aliphatic carbocycles. The van der Waals surface area contributed by atoms with Gasteiger partial charge in [-0.25, -0.2) is 0 Å². The SMILES string of the molecule is CC(C)=O.CSc1ccc(O)cc1. The molecule has 1 aromatic rings. The number of carbonyl (C=O) groups is 1. The van der Waals surface area contributed by atoms with Crippen LogP contribution in [0, 0.1) is 0 Å². The maximum Gasteiger partial charge on any atom is 0.126 e. The lowest BCUT2D eigenvalue weighted by Gasteiger charge is -1.93. The molecule has 0 fully saturated rings. The highest BCUT2D eigenvalue weighted by atomic mass is 32.2. The molecule has 1 N–H and O–H groups in total. The zero-order valence-electron chi connectivity index (χ0n) is 8.07. The summed E-state index contributed by atoms with van der Waals surface area (Å²) in [6.07, 6.45) is 2.01. The van der Waals surface area contributed by atoms with Crippen LogP contribution >= 0.6 is 11.8 Å².